The minimum atomic E-state index is -0.0542. The predicted molar refractivity (Wildman–Crippen MR) is 57.7 cm³/mol. The van der Waals surface area contributed by atoms with Gasteiger partial charge >= 0.3 is 0 Å². The Kier molecular flexibility index (Phi) is 3.01. The Bertz CT molecular complexity index is 341. The molecule has 15 heavy (non-hydrogen) atoms. The summed E-state index contributed by atoms with van der Waals surface area (Å²) in [6.07, 6.45) is 3.98. The van der Waals surface area contributed by atoms with Gasteiger partial charge in [-0.3, -0.25) is 9.89 Å². The molecular formula is C10H16N4O. The standard InChI is InChI=1S/C10H16N4O/c1-7(15)13-9-6-12-14-10(9)8-3-2-4-11-5-8/h6,8,11H,2-5H2,1H3,(H,12,14)(H,13,15)/t8-/m1/s1. The molecule has 0 aliphatic carbocycles. The van der Waals surface area contributed by atoms with E-state index in [0.717, 1.165) is 30.9 Å². The Morgan fingerprint density at radius 1 is 1.67 bits per heavy atom. The van der Waals surface area contributed by atoms with Crippen LogP contribution < -0.4 is 10.6 Å². The normalized spacial score (nSPS) is 21.3. The van der Waals surface area contributed by atoms with Crippen molar-refractivity contribution in [1.29, 1.82) is 0 Å². The molecule has 1 amide bonds. The maximum absolute atomic E-state index is 11.0. The molecule has 2 rings (SSSR count). The molecule has 1 aromatic rings. The molecule has 0 saturated carbocycles. The molecule has 1 aromatic heterocycles. The summed E-state index contributed by atoms with van der Waals surface area (Å²) in [6.45, 7) is 3.55. The molecular weight excluding hydrogens is 192 g/mol. The van der Waals surface area contributed by atoms with Crippen molar-refractivity contribution in [3.63, 3.8) is 0 Å². The maximum atomic E-state index is 11.0. The molecule has 2 heterocycles. The van der Waals surface area contributed by atoms with Crippen molar-refractivity contribution in [3.05, 3.63) is 11.9 Å². The Balaban J connectivity index is 2.12. The fraction of sp³-hybridized carbons (Fsp3) is 0.600. The van der Waals surface area contributed by atoms with Crippen molar-refractivity contribution in [2.24, 2.45) is 0 Å². The minimum absolute atomic E-state index is 0.0542. The van der Waals surface area contributed by atoms with Gasteiger partial charge in [0.1, 0.15) is 0 Å². The summed E-state index contributed by atoms with van der Waals surface area (Å²) >= 11 is 0. The first-order valence-electron chi connectivity index (χ1n) is 5.29. The number of nitrogens with zero attached hydrogens (tertiary/aromatic N) is 1. The van der Waals surface area contributed by atoms with Crippen LogP contribution in [0.3, 0.4) is 0 Å². The lowest BCUT2D eigenvalue weighted by molar-refractivity contribution is -0.114. The van der Waals surface area contributed by atoms with E-state index < -0.39 is 0 Å². The summed E-state index contributed by atoms with van der Waals surface area (Å²) in [6, 6.07) is 0. The lowest BCUT2D eigenvalue weighted by atomic mass is 9.95. The minimum Gasteiger partial charge on any atom is -0.323 e. The molecule has 0 radical (unpaired) electrons. The monoisotopic (exact) mass is 208 g/mol. The van der Waals surface area contributed by atoms with Crippen LogP contribution in [0.15, 0.2) is 6.20 Å². The third-order valence-corrected chi connectivity index (χ3v) is 2.68. The second kappa shape index (κ2) is 4.44. The summed E-state index contributed by atoms with van der Waals surface area (Å²) < 4.78 is 0. The van der Waals surface area contributed by atoms with Gasteiger partial charge in [0.15, 0.2) is 0 Å². The molecule has 1 aliphatic heterocycles. The second-order valence-corrected chi connectivity index (χ2v) is 3.92. The number of carbonyl (C=O) groups excluding carboxylic acids is 1. The van der Waals surface area contributed by atoms with Gasteiger partial charge in [0, 0.05) is 19.4 Å². The molecule has 0 bridgehead atoms. The predicted octanol–water partition coefficient (Wildman–Crippen LogP) is 0.835. The largest absolute Gasteiger partial charge is 0.323 e. The zero-order chi connectivity index (χ0) is 10.7. The molecule has 0 spiro atoms. The van der Waals surface area contributed by atoms with Crippen molar-refractivity contribution >= 4 is 11.6 Å². The average molecular weight is 208 g/mol. The molecule has 1 aliphatic rings. The number of aromatic nitrogens is 2. The molecule has 1 saturated heterocycles. The third-order valence-electron chi connectivity index (χ3n) is 2.68. The number of carbonyl (C=O) groups is 1. The Labute approximate surface area is 88.6 Å². The molecule has 5 heteroatoms. The van der Waals surface area contributed by atoms with Crippen LogP contribution in [0, 0.1) is 0 Å². The molecule has 0 aromatic carbocycles. The van der Waals surface area contributed by atoms with Crippen molar-refractivity contribution in [3.8, 4) is 0 Å². The summed E-state index contributed by atoms with van der Waals surface area (Å²) in [5.41, 5.74) is 1.86. The highest BCUT2D eigenvalue weighted by molar-refractivity contribution is 5.89. The average Bonchev–Trinajstić information content (AvgIpc) is 2.66. The maximum Gasteiger partial charge on any atom is 0.221 e. The summed E-state index contributed by atoms with van der Waals surface area (Å²) in [7, 11) is 0. The van der Waals surface area contributed by atoms with E-state index in [1.165, 1.54) is 13.3 Å². The van der Waals surface area contributed by atoms with Crippen LogP contribution in [0.5, 0.6) is 0 Å². The zero-order valence-electron chi connectivity index (χ0n) is 8.84. The van der Waals surface area contributed by atoms with Crippen LogP contribution in [0.25, 0.3) is 0 Å². The zero-order valence-corrected chi connectivity index (χ0v) is 8.84. The number of hydrogen-bond donors (Lipinski definition) is 3. The Morgan fingerprint density at radius 2 is 2.53 bits per heavy atom. The molecule has 82 valence electrons. The summed E-state index contributed by atoms with van der Waals surface area (Å²) in [4.78, 5) is 11.0. The van der Waals surface area contributed by atoms with Gasteiger partial charge in [-0.15, -0.1) is 0 Å². The number of amides is 1. The molecule has 1 fully saturated rings. The van der Waals surface area contributed by atoms with Crippen molar-refractivity contribution in [1.82, 2.24) is 15.5 Å². The van der Waals surface area contributed by atoms with Gasteiger partial charge < -0.3 is 10.6 Å². The fourth-order valence-electron chi connectivity index (χ4n) is 1.99. The van der Waals surface area contributed by atoms with Crippen LogP contribution in [-0.4, -0.2) is 29.2 Å². The summed E-state index contributed by atoms with van der Waals surface area (Å²) in [5, 5.41) is 13.1. The van der Waals surface area contributed by atoms with Crippen molar-refractivity contribution < 1.29 is 4.79 Å². The van der Waals surface area contributed by atoms with E-state index in [-0.39, 0.29) is 5.91 Å². The fourth-order valence-corrected chi connectivity index (χ4v) is 1.99. The number of H-pyrrole nitrogens is 1. The van der Waals surface area contributed by atoms with Crippen LogP contribution in [0.1, 0.15) is 31.4 Å². The van der Waals surface area contributed by atoms with Gasteiger partial charge in [0.25, 0.3) is 0 Å². The van der Waals surface area contributed by atoms with E-state index in [0.29, 0.717) is 5.92 Å². The third kappa shape index (κ3) is 2.36. The number of anilines is 1. The number of hydrogen-bond acceptors (Lipinski definition) is 3. The topological polar surface area (TPSA) is 69.8 Å². The highest BCUT2D eigenvalue weighted by Gasteiger charge is 2.20. The highest BCUT2D eigenvalue weighted by Crippen LogP contribution is 2.27. The van der Waals surface area contributed by atoms with E-state index in [1.807, 2.05) is 0 Å². The lowest BCUT2D eigenvalue weighted by Crippen LogP contribution is -2.29. The number of rotatable bonds is 2. The van der Waals surface area contributed by atoms with E-state index in [1.54, 1.807) is 6.20 Å². The van der Waals surface area contributed by atoms with Crippen LogP contribution >= 0.6 is 0 Å². The second-order valence-electron chi connectivity index (χ2n) is 3.92. The number of aromatic amines is 1. The molecule has 3 N–H and O–H groups in total. The lowest BCUT2D eigenvalue weighted by Gasteiger charge is -2.22. The van der Waals surface area contributed by atoms with Gasteiger partial charge in [-0.1, -0.05) is 0 Å². The first-order chi connectivity index (χ1) is 7.27. The van der Waals surface area contributed by atoms with Gasteiger partial charge in [-0.2, -0.15) is 5.10 Å². The van der Waals surface area contributed by atoms with Gasteiger partial charge in [0.2, 0.25) is 5.91 Å². The molecule has 1 atom stereocenters. The SMILES string of the molecule is CC(=O)Nc1cn[nH]c1[C@@H]1CCCNC1. The van der Waals surface area contributed by atoms with E-state index in [9.17, 15) is 4.79 Å². The van der Waals surface area contributed by atoms with Gasteiger partial charge in [0.05, 0.1) is 17.6 Å². The quantitative estimate of drug-likeness (QED) is 0.674. The summed E-state index contributed by atoms with van der Waals surface area (Å²) in [5.74, 6) is 0.379. The van der Waals surface area contributed by atoms with Crippen molar-refractivity contribution in [2.45, 2.75) is 25.7 Å². The van der Waals surface area contributed by atoms with Gasteiger partial charge in [-0.25, -0.2) is 0 Å². The van der Waals surface area contributed by atoms with E-state index in [4.69, 9.17) is 0 Å². The highest BCUT2D eigenvalue weighted by atomic mass is 16.1. The smallest absolute Gasteiger partial charge is 0.221 e. The van der Waals surface area contributed by atoms with Crippen LogP contribution in [-0.2, 0) is 4.79 Å². The Hall–Kier alpha value is -1.36. The van der Waals surface area contributed by atoms with Crippen LogP contribution in [0.4, 0.5) is 5.69 Å². The Morgan fingerprint density at radius 3 is 3.20 bits per heavy atom. The first-order valence-corrected chi connectivity index (χ1v) is 5.29. The van der Waals surface area contributed by atoms with E-state index in [2.05, 4.69) is 20.8 Å². The van der Waals surface area contributed by atoms with Crippen molar-refractivity contribution in [2.75, 3.05) is 18.4 Å². The number of piperidine rings is 1. The molecule has 5 nitrogen and oxygen atoms in total. The first kappa shape index (κ1) is 10.2. The van der Waals surface area contributed by atoms with Gasteiger partial charge in [-0.05, 0) is 19.4 Å². The van der Waals surface area contributed by atoms with Crippen LogP contribution in [0.2, 0.25) is 0 Å². The van der Waals surface area contributed by atoms with E-state index >= 15 is 0 Å². The molecule has 0 unspecified atom stereocenters. The number of nitrogens with one attached hydrogen (secondary N) is 3.